The van der Waals surface area contributed by atoms with E-state index in [-0.39, 0.29) is 22.3 Å². The second-order valence-corrected chi connectivity index (χ2v) is 11.2. The van der Waals surface area contributed by atoms with Gasteiger partial charge < -0.3 is 54.0 Å². The van der Waals surface area contributed by atoms with E-state index in [1.807, 2.05) is 0 Å². The first-order chi connectivity index (χ1) is 24.3. The Morgan fingerprint density at radius 1 is 0.765 bits per heavy atom. The van der Waals surface area contributed by atoms with Crippen molar-refractivity contribution in [3.63, 3.8) is 0 Å². The third-order valence-electron chi connectivity index (χ3n) is 7.84. The zero-order valence-corrected chi connectivity index (χ0v) is 25.8. The summed E-state index contributed by atoms with van der Waals surface area (Å²) in [5.74, 6) is -7.19. The van der Waals surface area contributed by atoms with Gasteiger partial charge in [-0.05, 0) is 66.7 Å². The fraction of sp³-hybridized carbons (Fsp3) is 0.171. The molecule has 0 unspecified atom stereocenters. The molecule has 5 aromatic rings. The number of benzene rings is 4. The van der Waals surface area contributed by atoms with Crippen molar-refractivity contribution in [2.24, 2.45) is 0 Å². The number of halogens is 2. The first-order valence-electron chi connectivity index (χ1n) is 14.9. The Labute approximate surface area is 284 Å². The number of ether oxygens (including phenoxy) is 4. The molecular weight excluding hydrogens is 682 g/mol. The van der Waals surface area contributed by atoms with Crippen LogP contribution < -0.4 is 10.2 Å². The number of carbonyl (C=O) groups is 2. The van der Waals surface area contributed by atoms with Gasteiger partial charge in [-0.3, -0.25) is 4.79 Å². The van der Waals surface area contributed by atoms with Gasteiger partial charge >= 0.3 is 11.9 Å². The second-order valence-electron chi connectivity index (χ2n) is 11.2. The first kappa shape index (κ1) is 34.6. The fourth-order valence-electron chi connectivity index (χ4n) is 5.30. The summed E-state index contributed by atoms with van der Waals surface area (Å²) in [4.78, 5) is 39.3. The van der Waals surface area contributed by atoms with E-state index in [0.717, 1.165) is 72.8 Å². The predicted molar refractivity (Wildman–Crippen MR) is 168 cm³/mol. The van der Waals surface area contributed by atoms with E-state index < -0.39 is 106 Å². The summed E-state index contributed by atoms with van der Waals surface area (Å²) in [6, 6.07) is 13.4. The highest BCUT2D eigenvalue weighted by molar-refractivity contribution is 5.91. The van der Waals surface area contributed by atoms with Crippen LogP contribution in [-0.2, 0) is 14.2 Å². The minimum atomic E-state index is -1.88. The van der Waals surface area contributed by atoms with Gasteiger partial charge in [0.15, 0.2) is 23.4 Å². The summed E-state index contributed by atoms with van der Waals surface area (Å²) < 4.78 is 55.4. The number of hydrogen-bond donors (Lipinski definition) is 6. The average molecular weight is 709 g/mol. The van der Waals surface area contributed by atoms with Gasteiger partial charge in [0.05, 0.1) is 17.7 Å². The van der Waals surface area contributed by atoms with Crippen LogP contribution in [0.2, 0.25) is 0 Å². The Hall–Kier alpha value is -6.23. The number of carbonyl (C=O) groups excluding carboxylic acids is 2. The SMILES string of the molecule is O=C(O[C@H]1[C@H](Oc2cc(-c3oc4cc(O)cc(O)c4c(=O)c3O)ccc2O)O[C@H](CO)[C@@H](O)[C@@H]1OC(=O)c1ccc(F)cc1)c1ccc(F)cc1. The molecule has 0 spiro atoms. The van der Waals surface area contributed by atoms with E-state index in [9.17, 15) is 53.8 Å². The molecule has 1 saturated heterocycles. The molecule has 264 valence electrons. The van der Waals surface area contributed by atoms with Crippen LogP contribution in [0.4, 0.5) is 8.78 Å². The zero-order chi connectivity index (χ0) is 36.6. The molecule has 0 saturated carbocycles. The van der Waals surface area contributed by atoms with Gasteiger partial charge in [-0.2, -0.15) is 0 Å². The third-order valence-corrected chi connectivity index (χ3v) is 7.84. The molecule has 2 heterocycles. The largest absolute Gasteiger partial charge is 0.508 e. The van der Waals surface area contributed by atoms with Crippen LogP contribution in [0.25, 0.3) is 22.3 Å². The molecule has 5 atom stereocenters. The maximum absolute atomic E-state index is 13.6. The van der Waals surface area contributed by atoms with E-state index in [1.165, 1.54) is 6.07 Å². The standard InChI is InChI=1S/C35H26F2O14/c36-18-6-1-15(2-7-18)33(45)50-31-27(42)25(14-38)49-35(32(31)51-34(46)16-3-8-19(37)9-4-16)48-23-11-17(5-10-21(23)40)30-29(44)28(43)26-22(41)12-20(39)13-24(26)47-30/h1-13,25,27,31-32,35,38-42,44H,14H2/t25-,27-,31+,32-,35-/m1/s1. The van der Waals surface area contributed by atoms with Gasteiger partial charge in [-0.25, -0.2) is 18.4 Å². The molecule has 0 aliphatic carbocycles. The minimum absolute atomic E-state index is 0.101. The summed E-state index contributed by atoms with van der Waals surface area (Å²) in [6.45, 7) is -0.883. The van der Waals surface area contributed by atoms with Gasteiger partial charge in [0.25, 0.3) is 0 Å². The molecule has 14 nitrogen and oxygen atoms in total. The fourth-order valence-corrected chi connectivity index (χ4v) is 5.30. The average Bonchev–Trinajstić information content (AvgIpc) is 3.10. The van der Waals surface area contributed by atoms with Gasteiger partial charge in [-0.15, -0.1) is 0 Å². The number of hydrogen-bond acceptors (Lipinski definition) is 14. The second kappa shape index (κ2) is 13.9. The highest BCUT2D eigenvalue weighted by Crippen LogP contribution is 2.40. The van der Waals surface area contributed by atoms with Crippen LogP contribution in [-0.4, -0.2) is 79.9 Å². The van der Waals surface area contributed by atoms with E-state index in [0.29, 0.717) is 0 Å². The third kappa shape index (κ3) is 6.96. The summed E-state index contributed by atoms with van der Waals surface area (Å²) in [5.41, 5.74) is -1.82. The molecule has 1 aromatic heterocycles. The number of fused-ring (bicyclic) bond motifs is 1. The predicted octanol–water partition coefficient (Wildman–Crippen LogP) is 3.47. The van der Waals surface area contributed by atoms with Crippen LogP contribution in [0.15, 0.2) is 88.1 Å². The molecule has 1 fully saturated rings. The lowest BCUT2D eigenvalue weighted by Gasteiger charge is -2.42. The highest BCUT2D eigenvalue weighted by atomic mass is 19.1. The van der Waals surface area contributed by atoms with Crippen molar-refractivity contribution in [1.29, 1.82) is 0 Å². The van der Waals surface area contributed by atoms with Gasteiger partial charge in [-0.1, -0.05) is 0 Å². The Kier molecular flexibility index (Phi) is 9.47. The Morgan fingerprint density at radius 2 is 1.35 bits per heavy atom. The van der Waals surface area contributed by atoms with Crippen LogP contribution in [0.5, 0.6) is 28.7 Å². The van der Waals surface area contributed by atoms with Crippen molar-refractivity contribution in [2.45, 2.75) is 30.7 Å². The van der Waals surface area contributed by atoms with E-state index >= 15 is 0 Å². The van der Waals surface area contributed by atoms with Gasteiger partial charge in [0, 0.05) is 17.7 Å². The molecule has 1 aliphatic rings. The van der Waals surface area contributed by atoms with Crippen molar-refractivity contribution in [1.82, 2.24) is 0 Å². The number of rotatable bonds is 8. The highest BCUT2D eigenvalue weighted by Gasteiger charge is 2.51. The topological polar surface area (TPSA) is 223 Å². The molecule has 0 radical (unpaired) electrons. The van der Waals surface area contributed by atoms with Crippen LogP contribution >= 0.6 is 0 Å². The quantitative estimate of drug-likeness (QED) is 0.127. The summed E-state index contributed by atoms with van der Waals surface area (Å²) in [6.07, 6.45) is -8.99. The molecule has 0 amide bonds. The van der Waals surface area contributed by atoms with Crippen LogP contribution in [0.1, 0.15) is 20.7 Å². The molecule has 51 heavy (non-hydrogen) atoms. The smallest absolute Gasteiger partial charge is 0.338 e. The Bertz CT molecular complexity index is 2170. The maximum atomic E-state index is 13.6. The molecule has 4 aromatic carbocycles. The maximum Gasteiger partial charge on any atom is 0.338 e. The molecule has 0 bridgehead atoms. The normalized spacial score (nSPS) is 20.1. The van der Waals surface area contributed by atoms with Gasteiger partial charge in [0.2, 0.25) is 23.6 Å². The number of aliphatic hydroxyl groups is 2. The monoisotopic (exact) mass is 708 g/mol. The number of phenols is 3. The van der Waals surface area contributed by atoms with E-state index in [4.69, 9.17) is 23.4 Å². The number of aliphatic hydroxyl groups excluding tert-OH is 2. The zero-order valence-electron chi connectivity index (χ0n) is 25.8. The summed E-state index contributed by atoms with van der Waals surface area (Å²) >= 11 is 0. The Morgan fingerprint density at radius 3 is 1.94 bits per heavy atom. The minimum Gasteiger partial charge on any atom is -0.508 e. The van der Waals surface area contributed by atoms with Crippen molar-refractivity contribution in [3.05, 3.63) is 112 Å². The molecule has 1 aliphatic heterocycles. The van der Waals surface area contributed by atoms with E-state index in [2.05, 4.69) is 0 Å². The van der Waals surface area contributed by atoms with Crippen LogP contribution in [0.3, 0.4) is 0 Å². The first-order valence-corrected chi connectivity index (χ1v) is 14.9. The lowest BCUT2D eigenvalue weighted by atomic mass is 9.98. The molecule has 16 heteroatoms. The molecule has 6 rings (SSSR count). The van der Waals surface area contributed by atoms with E-state index in [1.54, 1.807) is 0 Å². The summed E-state index contributed by atoms with van der Waals surface area (Å²) in [5, 5.41) is 62.2. The van der Waals surface area contributed by atoms with Crippen molar-refractivity contribution < 1.29 is 72.4 Å². The summed E-state index contributed by atoms with van der Waals surface area (Å²) in [7, 11) is 0. The van der Waals surface area contributed by atoms with Crippen molar-refractivity contribution in [2.75, 3.05) is 6.61 Å². The lowest BCUT2D eigenvalue weighted by molar-refractivity contribution is -0.276. The number of esters is 2. The van der Waals surface area contributed by atoms with Crippen molar-refractivity contribution in [3.8, 4) is 40.1 Å². The number of aromatic hydroxyl groups is 4. The van der Waals surface area contributed by atoms with Gasteiger partial charge in [0.1, 0.15) is 46.3 Å². The number of phenolic OH excluding ortho intramolecular Hbond substituents is 3. The molecular formula is C35H26F2O14. The Balaban J connectivity index is 1.39. The van der Waals surface area contributed by atoms with Crippen molar-refractivity contribution >= 4 is 22.9 Å². The molecule has 6 N–H and O–H groups in total. The van der Waals surface area contributed by atoms with Crippen LogP contribution in [0, 0.1) is 11.6 Å². The lowest BCUT2D eigenvalue weighted by Crippen LogP contribution is -2.62.